The number of H-pyrrole nitrogens is 1. The number of ether oxygens (including phenoxy) is 1. The van der Waals surface area contributed by atoms with E-state index in [2.05, 4.69) is 31.2 Å². The highest BCUT2D eigenvalue weighted by Crippen LogP contribution is 2.39. The van der Waals surface area contributed by atoms with Crippen molar-refractivity contribution in [1.29, 1.82) is 0 Å². The van der Waals surface area contributed by atoms with Crippen molar-refractivity contribution in [3.63, 3.8) is 0 Å². The van der Waals surface area contributed by atoms with Crippen molar-refractivity contribution in [3.8, 4) is 0 Å². The Balaban J connectivity index is 1.61. The maximum Gasteiger partial charge on any atom is 0.419 e. The number of morpholine rings is 1. The molecule has 2 aromatic heterocycles. The normalized spacial score (nSPS) is 19.5. The van der Waals surface area contributed by atoms with E-state index in [1.54, 1.807) is 6.07 Å². The van der Waals surface area contributed by atoms with Crippen LogP contribution in [-0.2, 0) is 10.9 Å². The molecule has 2 aliphatic rings. The van der Waals surface area contributed by atoms with Crippen molar-refractivity contribution in [2.24, 2.45) is 0 Å². The molecule has 9 heteroatoms. The van der Waals surface area contributed by atoms with Gasteiger partial charge in [-0.25, -0.2) is 4.98 Å². The van der Waals surface area contributed by atoms with Gasteiger partial charge in [0.25, 0.3) is 0 Å². The minimum absolute atomic E-state index is 0.104. The molecular formula is C20H26F3N5O. The number of pyridine rings is 1. The van der Waals surface area contributed by atoms with Gasteiger partial charge in [-0.2, -0.15) is 13.2 Å². The molecule has 6 nitrogen and oxygen atoms in total. The van der Waals surface area contributed by atoms with Crippen molar-refractivity contribution < 1.29 is 17.9 Å². The average Bonchev–Trinajstić information content (AvgIpc) is 3.13. The van der Waals surface area contributed by atoms with Gasteiger partial charge < -0.3 is 19.9 Å². The van der Waals surface area contributed by atoms with E-state index in [1.807, 2.05) is 7.05 Å². The summed E-state index contributed by atoms with van der Waals surface area (Å²) >= 11 is 0. The summed E-state index contributed by atoms with van der Waals surface area (Å²) in [6.45, 7) is 5.78. The lowest BCUT2D eigenvalue weighted by Crippen LogP contribution is -2.39. The van der Waals surface area contributed by atoms with E-state index in [-0.39, 0.29) is 5.69 Å². The molecule has 2 aliphatic heterocycles. The quantitative estimate of drug-likeness (QED) is 0.795. The highest BCUT2D eigenvalue weighted by Gasteiger charge is 2.35. The molecule has 29 heavy (non-hydrogen) atoms. The van der Waals surface area contributed by atoms with Gasteiger partial charge in [0.2, 0.25) is 0 Å². The van der Waals surface area contributed by atoms with Gasteiger partial charge in [-0.3, -0.25) is 4.90 Å². The number of likely N-dealkylation sites (N-methyl/N-ethyl adjacent to an activating group) is 1. The molecule has 0 atom stereocenters. The summed E-state index contributed by atoms with van der Waals surface area (Å²) in [5.74, 6) is 0. The Morgan fingerprint density at radius 3 is 2.72 bits per heavy atom. The fraction of sp³-hybridized carbons (Fsp3) is 0.550. The van der Waals surface area contributed by atoms with Crippen LogP contribution in [0, 0.1) is 0 Å². The number of alkyl halides is 3. The second-order valence-corrected chi connectivity index (χ2v) is 7.61. The number of aromatic amines is 1. The summed E-state index contributed by atoms with van der Waals surface area (Å²) in [6.07, 6.45) is -0.574. The monoisotopic (exact) mass is 409 g/mol. The van der Waals surface area contributed by atoms with Gasteiger partial charge in [-0.05, 0) is 25.1 Å². The van der Waals surface area contributed by atoms with Gasteiger partial charge in [-0.15, -0.1) is 0 Å². The van der Waals surface area contributed by atoms with Crippen molar-refractivity contribution in [1.82, 2.24) is 19.8 Å². The maximum absolute atomic E-state index is 13.6. The van der Waals surface area contributed by atoms with Gasteiger partial charge in [-0.1, -0.05) is 6.08 Å². The number of halogens is 3. The predicted octanol–water partition coefficient (Wildman–Crippen LogP) is 3.04. The molecule has 0 amide bonds. The first-order valence-electron chi connectivity index (χ1n) is 9.92. The lowest BCUT2D eigenvalue weighted by molar-refractivity contribution is -0.137. The minimum Gasteiger partial charge on any atom is -0.383 e. The molecule has 4 heterocycles. The number of fused-ring (bicyclic) bond motifs is 1. The molecule has 1 saturated heterocycles. The average molecular weight is 409 g/mol. The zero-order chi connectivity index (χ0) is 20.4. The van der Waals surface area contributed by atoms with E-state index in [4.69, 9.17) is 4.74 Å². The standard InChI is InChI=1S/C20H26F3N5O/c1-27-5-2-14(3-6-27)17-12-15-18(24-4-7-28-8-10-29-11-9-28)16(20(21,22)23)13-25-19(15)26-17/h2,12-13H,3-11H2,1H3,(H2,24,25,26). The molecule has 2 aromatic rings. The van der Waals surface area contributed by atoms with Gasteiger partial charge in [0.05, 0.1) is 24.5 Å². The van der Waals surface area contributed by atoms with Crippen LogP contribution in [0.2, 0.25) is 0 Å². The molecule has 2 N–H and O–H groups in total. The van der Waals surface area contributed by atoms with Gasteiger partial charge in [0.15, 0.2) is 0 Å². The Labute approximate surface area is 167 Å². The molecule has 158 valence electrons. The highest BCUT2D eigenvalue weighted by atomic mass is 19.4. The van der Waals surface area contributed by atoms with Crippen molar-refractivity contribution in [2.75, 3.05) is 64.8 Å². The van der Waals surface area contributed by atoms with Crippen LogP contribution in [0.3, 0.4) is 0 Å². The van der Waals surface area contributed by atoms with Crippen LogP contribution >= 0.6 is 0 Å². The molecule has 0 spiro atoms. The molecule has 0 aliphatic carbocycles. The molecule has 0 unspecified atom stereocenters. The Morgan fingerprint density at radius 1 is 1.24 bits per heavy atom. The van der Waals surface area contributed by atoms with Crippen LogP contribution in [0.15, 0.2) is 18.3 Å². The smallest absolute Gasteiger partial charge is 0.383 e. The summed E-state index contributed by atoms with van der Waals surface area (Å²) in [5.41, 5.74) is 1.81. The minimum atomic E-state index is -4.47. The summed E-state index contributed by atoms with van der Waals surface area (Å²) in [5, 5.41) is 3.53. The summed E-state index contributed by atoms with van der Waals surface area (Å²) < 4.78 is 46.2. The molecular weight excluding hydrogens is 383 g/mol. The molecule has 0 radical (unpaired) electrons. The first-order chi connectivity index (χ1) is 13.9. The van der Waals surface area contributed by atoms with Crippen LogP contribution in [0.5, 0.6) is 0 Å². The zero-order valence-electron chi connectivity index (χ0n) is 16.5. The molecule has 0 bridgehead atoms. The third-order valence-corrected chi connectivity index (χ3v) is 5.56. The fourth-order valence-corrected chi connectivity index (χ4v) is 3.83. The van der Waals surface area contributed by atoms with Crippen molar-refractivity contribution in [3.05, 3.63) is 29.6 Å². The third-order valence-electron chi connectivity index (χ3n) is 5.56. The van der Waals surface area contributed by atoms with E-state index in [0.717, 1.165) is 50.1 Å². The van der Waals surface area contributed by atoms with E-state index >= 15 is 0 Å². The molecule has 1 fully saturated rings. The number of aromatic nitrogens is 2. The van der Waals surface area contributed by atoms with Crippen molar-refractivity contribution in [2.45, 2.75) is 12.6 Å². The van der Waals surface area contributed by atoms with Gasteiger partial charge >= 0.3 is 6.18 Å². The fourth-order valence-electron chi connectivity index (χ4n) is 3.83. The topological polar surface area (TPSA) is 56.4 Å². The predicted molar refractivity (Wildman–Crippen MR) is 107 cm³/mol. The molecule has 0 saturated carbocycles. The summed E-state index contributed by atoms with van der Waals surface area (Å²) in [6, 6.07) is 1.80. The van der Waals surface area contributed by atoms with E-state index < -0.39 is 11.7 Å². The number of rotatable bonds is 5. The van der Waals surface area contributed by atoms with Crippen LogP contribution in [0.4, 0.5) is 18.9 Å². The Bertz CT molecular complexity index is 886. The SMILES string of the molecule is CN1CC=C(c2cc3c(NCCN4CCOCC4)c(C(F)(F)F)cnc3[nH]2)CC1. The van der Waals surface area contributed by atoms with E-state index in [9.17, 15) is 13.2 Å². The Kier molecular flexibility index (Phi) is 5.80. The largest absolute Gasteiger partial charge is 0.419 e. The summed E-state index contributed by atoms with van der Waals surface area (Å²) in [7, 11) is 2.05. The lowest BCUT2D eigenvalue weighted by Gasteiger charge is -2.27. The number of nitrogens with one attached hydrogen (secondary N) is 2. The molecule has 4 rings (SSSR count). The lowest BCUT2D eigenvalue weighted by atomic mass is 10.0. The first kappa shape index (κ1) is 20.2. The Hall–Kier alpha value is -2.10. The van der Waals surface area contributed by atoms with E-state index in [1.165, 1.54) is 0 Å². The second kappa shape index (κ2) is 8.33. The highest BCUT2D eigenvalue weighted by molar-refractivity contribution is 5.94. The van der Waals surface area contributed by atoms with Crippen LogP contribution < -0.4 is 5.32 Å². The summed E-state index contributed by atoms with van der Waals surface area (Å²) in [4.78, 5) is 11.7. The van der Waals surface area contributed by atoms with Gasteiger partial charge in [0.1, 0.15) is 5.65 Å². The number of anilines is 1. The zero-order valence-corrected chi connectivity index (χ0v) is 16.5. The van der Waals surface area contributed by atoms with Crippen LogP contribution in [0.25, 0.3) is 16.6 Å². The maximum atomic E-state index is 13.6. The first-order valence-corrected chi connectivity index (χ1v) is 9.92. The van der Waals surface area contributed by atoms with E-state index in [0.29, 0.717) is 37.3 Å². The number of hydrogen-bond donors (Lipinski definition) is 2. The van der Waals surface area contributed by atoms with Crippen LogP contribution in [0.1, 0.15) is 17.7 Å². The molecule has 0 aromatic carbocycles. The Morgan fingerprint density at radius 2 is 2.03 bits per heavy atom. The van der Waals surface area contributed by atoms with Gasteiger partial charge in [0, 0.05) is 56.5 Å². The van der Waals surface area contributed by atoms with Crippen LogP contribution in [-0.4, -0.2) is 79.3 Å². The third kappa shape index (κ3) is 4.57. The second-order valence-electron chi connectivity index (χ2n) is 7.61. The van der Waals surface area contributed by atoms with Crippen molar-refractivity contribution >= 4 is 22.3 Å². The number of nitrogens with zero attached hydrogens (tertiary/aromatic N) is 3. The number of hydrogen-bond acceptors (Lipinski definition) is 5.